The van der Waals surface area contributed by atoms with Crippen LogP contribution in [0.5, 0.6) is 0 Å². The molecule has 1 atom stereocenters. The van der Waals surface area contributed by atoms with E-state index in [0.29, 0.717) is 0 Å². The molecule has 4 aliphatic carbocycles. The first-order valence-corrected chi connectivity index (χ1v) is 23.0. The van der Waals surface area contributed by atoms with Crippen molar-refractivity contribution in [3.8, 4) is 0 Å². The minimum absolute atomic E-state index is 0.124. The first-order valence-electron chi connectivity index (χ1n) is 20.2. The van der Waals surface area contributed by atoms with E-state index in [2.05, 4.69) is 218 Å². The Labute approximate surface area is 339 Å². The first kappa shape index (κ1) is 34.6. The van der Waals surface area contributed by atoms with Crippen LogP contribution in [-0.2, 0) is 6.42 Å². The quantitative estimate of drug-likeness (QED) is 0.135. The highest BCUT2D eigenvalue weighted by atomic mass is 31.1. The highest BCUT2D eigenvalue weighted by Crippen LogP contribution is 2.69. The molecule has 1 unspecified atom stereocenters. The topological polar surface area (TPSA) is 0 Å². The van der Waals surface area contributed by atoms with Crippen LogP contribution in [0.25, 0.3) is 0 Å². The molecule has 8 aromatic carbocycles. The van der Waals surface area contributed by atoms with Gasteiger partial charge in [-0.15, -0.1) is 0 Å². The standard InChI is InChI=1S/C55H42P2/c1-5-23-40(24-6-1)56(41-25-7-2-8-26-41)54(51-44-31-15-13-21-38(44)37-39-22-14-16-32-45(39)51)53-50-46-33-17-19-35-48(46)52(49-36-20-18-34-47(49)50)55(53)57(42-27-9-3-10-28-42)43-29-11-4-12-30-43/h1-36,50-52,54H,37H2. The zero-order valence-corrected chi connectivity index (χ0v) is 33.5. The molecule has 0 aromatic heterocycles. The van der Waals surface area contributed by atoms with E-state index in [0.717, 1.165) is 6.42 Å². The highest BCUT2D eigenvalue weighted by Gasteiger charge is 2.51. The Kier molecular flexibility index (Phi) is 8.92. The fraction of sp³-hybridized carbons (Fsp3) is 0.0909. The lowest BCUT2D eigenvalue weighted by Crippen LogP contribution is -2.39. The summed E-state index contributed by atoms with van der Waals surface area (Å²) in [6.07, 6.45) is 0.967. The van der Waals surface area contributed by atoms with Crippen molar-refractivity contribution in [3.63, 3.8) is 0 Å². The molecule has 0 aliphatic heterocycles. The van der Waals surface area contributed by atoms with Crippen LogP contribution in [0.4, 0.5) is 0 Å². The van der Waals surface area contributed by atoms with Crippen molar-refractivity contribution >= 4 is 37.1 Å². The van der Waals surface area contributed by atoms with Crippen LogP contribution in [0.15, 0.2) is 229 Å². The van der Waals surface area contributed by atoms with Crippen LogP contribution in [0.1, 0.15) is 62.3 Å². The molecule has 0 amide bonds. The summed E-state index contributed by atoms with van der Waals surface area (Å²) in [5.41, 5.74) is 13.6. The molecule has 0 saturated heterocycles. The molecule has 8 aromatic rings. The van der Waals surface area contributed by atoms with Crippen LogP contribution >= 0.6 is 15.8 Å². The van der Waals surface area contributed by atoms with Gasteiger partial charge >= 0.3 is 0 Å². The van der Waals surface area contributed by atoms with Gasteiger partial charge in [0.1, 0.15) is 0 Å². The summed E-state index contributed by atoms with van der Waals surface area (Å²) in [6, 6.07) is 83.8. The zero-order valence-electron chi connectivity index (χ0n) is 31.7. The van der Waals surface area contributed by atoms with Gasteiger partial charge in [-0.05, 0) is 98.9 Å². The van der Waals surface area contributed by atoms with Crippen molar-refractivity contribution in [3.05, 3.63) is 274 Å². The van der Waals surface area contributed by atoms with Gasteiger partial charge in [0.25, 0.3) is 0 Å². The molecule has 0 heterocycles. The van der Waals surface area contributed by atoms with Gasteiger partial charge in [-0.2, -0.15) is 0 Å². The SMILES string of the molecule is c1ccc(P(C2=C(C(C3c4ccccc4Cc4ccccc43)P(c3ccccc3)c3ccccc3)C3c4ccccc4C2c2ccccc23)c2ccccc2)cc1. The molecule has 272 valence electrons. The second-order valence-corrected chi connectivity index (χ2v) is 20.0. The minimum atomic E-state index is -0.936. The Bertz CT molecular complexity index is 2570. The van der Waals surface area contributed by atoms with Crippen LogP contribution in [0.3, 0.4) is 0 Å². The Morgan fingerprint density at radius 2 is 0.667 bits per heavy atom. The first-order chi connectivity index (χ1) is 28.3. The van der Waals surface area contributed by atoms with Gasteiger partial charge in [-0.3, -0.25) is 0 Å². The maximum Gasteiger partial charge on any atom is 0.0357 e. The van der Waals surface area contributed by atoms with Gasteiger partial charge < -0.3 is 0 Å². The summed E-state index contributed by atoms with van der Waals surface area (Å²) in [5, 5.41) is 7.33. The molecule has 0 N–H and O–H groups in total. The molecular weight excluding hydrogens is 723 g/mol. The van der Waals surface area contributed by atoms with Crippen molar-refractivity contribution in [2.24, 2.45) is 0 Å². The van der Waals surface area contributed by atoms with Gasteiger partial charge in [0.05, 0.1) is 0 Å². The number of benzene rings is 8. The Morgan fingerprint density at radius 3 is 1.09 bits per heavy atom. The fourth-order valence-electron chi connectivity index (χ4n) is 10.3. The van der Waals surface area contributed by atoms with E-state index < -0.39 is 15.8 Å². The lowest BCUT2D eigenvalue weighted by Gasteiger charge is -2.51. The summed E-state index contributed by atoms with van der Waals surface area (Å²) in [6.45, 7) is 0. The third-order valence-electron chi connectivity index (χ3n) is 12.5. The summed E-state index contributed by atoms with van der Waals surface area (Å²) >= 11 is 0. The molecule has 2 heteroatoms. The molecule has 0 fully saturated rings. The smallest absolute Gasteiger partial charge is 0.0357 e. The summed E-state index contributed by atoms with van der Waals surface area (Å²) < 4.78 is 0. The number of rotatable bonds is 8. The fourth-order valence-corrected chi connectivity index (χ4v) is 16.4. The Balaban J connectivity index is 1.33. The Hall–Kier alpha value is -5.64. The van der Waals surface area contributed by atoms with E-state index in [4.69, 9.17) is 0 Å². The van der Waals surface area contributed by atoms with Crippen molar-refractivity contribution < 1.29 is 0 Å². The summed E-state index contributed by atoms with van der Waals surface area (Å²) in [5.74, 6) is 0.423. The van der Waals surface area contributed by atoms with Crippen LogP contribution in [0.2, 0.25) is 0 Å². The van der Waals surface area contributed by atoms with Gasteiger partial charge in [0, 0.05) is 23.4 Å². The predicted octanol–water partition coefficient (Wildman–Crippen LogP) is 11.9. The van der Waals surface area contributed by atoms with Gasteiger partial charge in [0.2, 0.25) is 0 Å². The Morgan fingerprint density at radius 1 is 0.333 bits per heavy atom. The summed E-state index contributed by atoms with van der Waals surface area (Å²) in [4.78, 5) is 0. The molecule has 2 bridgehead atoms. The van der Waals surface area contributed by atoms with Crippen molar-refractivity contribution in [1.82, 2.24) is 0 Å². The normalized spacial score (nSPS) is 17.2. The number of allylic oxidation sites excluding steroid dienone is 2. The molecule has 0 spiro atoms. The highest BCUT2D eigenvalue weighted by molar-refractivity contribution is 7.77. The van der Waals surface area contributed by atoms with E-state index >= 15 is 0 Å². The van der Waals surface area contributed by atoms with Crippen LogP contribution < -0.4 is 21.2 Å². The third-order valence-corrected chi connectivity index (χ3v) is 18.0. The van der Waals surface area contributed by atoms with E-state index in [9.17, 15) is 0 Å². The van der Waals surface area contributed by atoms with Gasteiger partial charge in [0.15, 0.2) is 0 Å². The average molecular weight is 765 g/mol. The maximum atomic E-state index is 2.47. The molecule has 0 radical (unpaired) electrons. The third kappa shape index (κ3) is 5.81. The minimum Gasteiger partial charge on any atom is -0.0622 e. The molecule has 57 heavy (non-hydrogen) atoms. The van der Waals surface area contributed by atoms with E-state index in [1.54, 1.807) is 10.9 Å². The van der Waals surface area contributed by atoms with Crippen molar-refractivity contribution in [2.45, 2.75) is 29.8 Å². The average Bonchev–Trinajstić information content (AvgIpc) is 3.29. The second-order valence-electron chi connectivity index (χ2n) is 15.5. The summed E-state index contributed by atoms with van der Waals surface area (Å²) in [7, 11) is -1.87. The van der Waals surface area contributed by atoms with Crippen LogP contribution in [0, 0.1) is 0 Å². The number of hydrogen-bond acceptors (Lipinski definition) is 0. The zero-order chi connectivity index (χ0) is 37.7. The van der Waals surface area contributed by atoms with Gasteiger partial charge in [-0.1, -0.05) is 218 Å². The van der Waals surface area contributed by atoms with Crippen molar-refractivity contribution in [1.29, 1.82) is 0 Å². The second kappa shape index (κ2) is 14.7. The molecule has 0 saturated carbocycles. The predicted molar refractivity (Wildman–Crippen MR) is 243 cm³/mol. The number of hydrogen-bond donors (Lipinski definition) is 0. The molecule has 4 aliphatic rings. The van der Waals surface area contributed by atoms with Gasteiger partial charge in [-0.25, -0.2) is 0 Å². The number of fused-ring (bicyclic) bond motifs is 2. The molecule has 12 rings (SSSR count). The lowest BCUT2D eigenvalue weighted by atomic mass is 9.61. The lowest BCUT2D eigenvalue weighted by molar-refractivity contribution is 0.673. The van der Waals surface area contributed by atoms with Crippen molar-refractivity contribution in [2.75, 3.05) is 0 Å². The van der Waals surface area contributed by atoms with E-state index in [1.807, 2.05) is 0 Å². The maximum absolute atomic E-state index is 2.47. The molecule has 0 nitrogen and oxygen atoms in total. The van der Waals surface area contributed by atoms with E-state index in [-0.39, 0.29) is 23.4 Å². The van der Waals surface area contributed by atoms with Crippen LogP contribution in [-0.4, -0.2) is 5.66 Å². The largest absolute Gasteiger partial charge is 0.0622 e. The van der Waals surface area contributed by atoms with E-state index in [1.165, 1.54) is 65.7 Å². The monoisotopic (exact) mass is 764 g/mol. The molecular formula is C55H42P2.